The Hall–Kier alpha value is -7.44. The van der Waals surface area contributed by atoms with Gasteiger partial charge in [0.15, 0.2) is 0 Å². The molecule has 7 aromatic carbocycles. The summed E-state index contributed by atoms with van der Waals surface area (Å²) in [5.41, 5.74) is 12.2. The van der Waals surface area contributed by atoms with Crippen molar-refractivity contribution in [3.63, 3.8) is 0 Å². The first kappa shape index (κ1) is 29.2. The molecule has 0 radical (unpaired) electrons. The molecule has 0 aliphatic carbocycles. The summed E-state index contributed by atoms with van der Waals surface area (Å²) in [6, 6.07) is 57.5. The van der Waals surface area contributed by atoms with Gasteiger partial charge in [0.25, 0.3) is 0 Å². The quantitative estimate of drug-likeness (QED) is 0.200. The lowest BCUT2D eigenvalue weighted by Crippen LogP contribution is -1.98. The highest BCUT2D eigenvalue weighted by Crippen LogP contribution is 2.44. The molecular formula is C48H29N5O. The van der Waals surface area contributed by atoms with Gasteiger partial charge in [-0.25, -0.2) is 9.97 Å². The Morgan fingerprint density at radius 2 is 1.28 bits per heavy atom. The summed E-state index contributed by atoms with van der Waals surface area (Å²) in [4.78, 5) is 14.2. The molecule has 5 heterocycles. The normalized spacial score (nSPS) is 12.1. The molecule has 0 bridgehead atoms. The third-order valence-corrected chi connectivity index (χ3v) is 10.9. The Morgan fingerprint density at radius 1 is 0.519 bits per heavy atom. The van der Waals surface area contributed by atoms with E-state index in [0.717, 1.165) is 99.8 Å². The number of para-hydroxylation sites is 5. The average Bonchev–Trinajstić information content (AvgIpc) is 4.00. The van der Waals surface area contributed by atoms with Gasteiger partial charge in [-0.1, -0.05) is 103 Å². The Balaban J connectivity index is 1.18. The Kier molecular flexibility index (Phi) is 5.96. The molecule has 0 saturated heterocycles. The smallest absolute Gasteiger partial charge is 0.147 e. The van der Waals surface area contributed by atoms with Crippen molar-refractivity contribution in [2.45, 2.75) is 0 Å². The van der Waals surface area contributed by atoms with Gasteiger partial charge in [-0.05, 0) is 66.2 Å². The van der Waals surface area contributed by atoms with E-state index >= 15 is 0 Å². The summed E-state index contributed by atoms with van der Waals surface area (Å²) in [7, 11) is 0. The number of benzene rings is 7. The third kappa shape index (κ3) is 4.05. The minimum atomic E-state index is 0.857. The molecule has 6 nitrogen and oxygen atoms in total. The standard InChI is InChI=1S/C48H29N5O/c1-2-13-30(14-3-1)52-40-21-12-18-31(29-24-25-33-32-15-5-8-20-39(32)53(41(33)27-29)43-23-10-11-26-49-43)45(40)51-48(52)37-28-36-34-16-6-9-22-42(34)54-47(36)44-35-17-4-7-19-38(35)50-46(37)44/h1-28,50H. The van der Waals surface area contributed by atoms with E-state index < -0.39 is 0 Å². The predicted octanol–water partition coefficient (Wildman–Crippen LogP) is 12.4. The van der Waals surface area contributed by atoms with Gasteiger partial charge in [0.1, 0.15) is 22.8 Å². The topological polar surface area (TPSA) is 64.6 Å². The second kappa shape index (κ2) is 11.0. The first-order valence-corrected chi connectivity index (χ1v) is 18.2. The van der Waals surface area contributed by atoms with Crippen LogP contribution in [-0.4, -0.2) is 24.1 Å². The van der Waals surface area contributed by atoms with E-state index in [4.69, 9.17) is 14.4 Å². The zero-order valence-corrected chi connectivity index (χ0v) is 28.9. The molecule has 0 atom stereocenters. The molecule has 5 aromatic heterocycles. The van der Waals surface area contributed by atoms with Crippen LogP contribution in [0.4, 0.5) is 0 Å². The Labute approximate surface area is 308 Å². The first-order chi connectivity index (χ1) is 26.8. The molecule has 0 aliphatic rings. The van der Waals surface area contributed by atoms with Crippen LogP contribution in [0, 0.1) is 0 Å². The monoisotopic (exact) mass is 691 g/mol. The second-order valence-corrected chi connectivity index (χ2v) is 13.9. The number of fused-ring (bicyclic) bond motifs is 11. The van der Waals surface area contributed by atoms with Gasteiger partial charge in [-0.3, -0.25) is 9.13 Å². The lowest BCUT2D eigenvalue weighted by atomic mass is 10.0. The van der Waals surface area contributed by atoms with Gasteiger partial charge in [0.05, 0.1) is 33.0 Å². The minimum Gasteiger partial charge on any atom is -0.455 e. The molecule has 1 N–H and O–H groups in total. The molecule has 0 aliphatic heterocycles. The van der Waals surface area contributed by atoms with E-state index in [-0.39, 0.29) is 0 Å². The van der Waals surface area contributed by atoms with Crippen LogP contribution in [0.5, 0.6) is 0 Å². The highest BCUT2D eigenvalue weighted by Gasteiger charge is 2.24. The van der Waals surface area contributed by atoms with Crippen molar-refractivity contribution in [2.24, 2.45) is 0 Å². The van der Waals surface area contributed by atoms with Crippen molar-refractivity contribution in [1.82, 2.24) is 24.1 Å². The van der Waals surface area contributed by atoms with Crippen molar-refractivity contribution in [3.05, 3.63) is 170 Å². The largest absolute Gasteiger partial charge is 0.455 e. The van der Waals surface area contributed by atoms with Crippen LogP contribution in [0.3, 0.4) is 0 Å². The minimum absolute atomic E-state index is 0.857. The summed E-state index contributed by atoms with van der Waals surface area (Å²) in [6.07, 6.45) is 1.85. The molecule has 54 heavy (non-hydrogen) atoms. The Morgan fingerprint density at radius 3 is 2.17 bits per heavy atom. The predicted molar refractivity (Wildman–Crippen MR) is 221 cm³/mol. The fourth-order valence-corrected chi connectivity index (χ4v) is 8.59. The lowest BCUT2D eigenvalue weighted by Gasteiger charge is -2.11. The van der Waals surface area contributed by atoms with Crippen molar-refractivity contribution >= 4 is 76.6 Å². The number of imidazole rings is 1. The Bertz CT molecular complexity index is 3440. The van der Waals surface area contributed by atoms with Crippen LogP contribution < -0.4 is 0 Å². The van der Waals surface area contributed by atoms with E-state index in [2.05, 4.69) is 154 Å². The van der Waals surface area contributed by atoms with Gasteiger partial charge in [0, 0.05) is 55.5 Å². The highest BCUT2D eigenvalue weighted by molar-refractivity contribution is 6.26. The molecule has 0 spiro atoms. The van der Waals surface area contributed by atoms with E-state index in [1.54, 1.807) is 0 Å². The van der Waals surface area contributed by atoms with E-state index in [1.807, 2.05) is 30.5 Å². The first-order valence-electron chi connectivity index (χ1n) is 18.2. The summed E-state index contributed by atoms with van der Waals surface area (Å²) in [5.74, 6) is 1.75. The zero-order valence-electron chi connectivity index (χ0n) is 28.9. The van der Waals surface area contributed by atoms with Gasteiger partial charge in [0.2, 0.25) is 0 Å². The highest BCUT2D eigenvalue weighted by atomic mass is 16.3. The number of nitrogens with zero attached hydrogens (tertiary/aromatic N) is 4. The third-order valence-electron chi connectivity index (χ3n) is 10.9. The second-order valence-electron chi connectivity index (χ2n) is 13.9. The van der Waals surface area contributed by atoms with Gasteiger partial charge in [-0.2, -0.15) is 0 Å². The van der Waals surface area contributed by atoms with Crippen LogP contribution in [-0.2, 0) is 0 Å². The number of rotatable bonds is 4. The number of H-pyrrole nitrogens is 1. The molecule has 12 rings (SSSR count). The molecule has 252 valence electrons. The van der Waals surface area contributed by atoms with Crippen molar-refractivity contribution in [2.75, 3.05) is 0 Å². The van der Waals surface area contributed by atoms with Crippen LogP contribution in [0.25, 0.3) is 111 Å². The van der Waals surface area contributed by atoms with Gasteiger partial charge >= 0.3 is 0 Å². The molecule has 6 heteroatoms. The number of hydrogen-bond acceptors (Lipinski definition) is 3. The fraction of sp³-hybridized carbons (Fsp3) is 0. The van der Waals surface area contributed by atoms with Gasteiger partial charge < -0.3 is 9.40 Å². The molecular weight excluding hydrogens is 663 g/mol. The number of aromatic amines is 1. The van der Waals surface area contributed by atoms with Crippen LogP contribution in [0.15, 0.2) is 174 Å². The number of pyridine rings is 1. The lowest BCUT2D eigenvalue weighted by molar-refractivity contribution is 0.673. The summed E-state index contributed by atoms with van der Waals surface area (Å²) >= 11 is 0. The maximum absolute atomic E-state index is 6.62. The number of hydrogen-bond donors (Lipinski definition) is 1. The van der Waals surface area contributed by atoms with E-state index in [0.29, 0.717) is 0 Å². The van der Waals surface area contributed by atoms with Crippen LogP contribution in [0.1, 0.15) is 0 Å². The van der Waals surface area contributed by atoms with Crippen molar-refractivity contribution in [3.8, 4) is 34.0 Å². The number of furan rings is 1. The molecule has 0 amide bonds. The van der Waals surface area contributed by atoms with E-state index in [1.165, 1.54) is 10.8 Å². The molecule has 12 aromatic rings. The van der Waals surface area contributed by atoms with Crippen molar-refractivity contribution in [1.29, 1.82) is 0 Å². The maximum Gasteiger partial charge on any atom is 0.147 e. The summed E-state index contributed by atoms with van der Waals surface area (Å²) in [6.45, 7) is 0. The average molecular weight is 692 g/mol. The van der Waals surface area contributed by atoms with Gasteiger partial charge in [-0.15, -0.1) is 0 Å². The number of aromatic nitrogens is 5. The van der Waals surface area contributed by atoms with Crippen molar-refractivity contribution < 1.29 is 4.42 Å². The van der Waals surface area contributed by atoms with E-state index in [9.17, 15) is 0 Å². The molecule has 0 fully saturated rings. The van der Waals surface area contributed by atoms with Crippen LogP contribution >= 0.6 is 0 Å². The molecule has 0 unspecified atom stereocenters. The fourth-order valence-electron chi connectivity index (χ4n) is 8.59. The number of nitrogens with one attached hydrogen (secondary N) is 1. The summed E-state index contributed by atoms with van der Waals surface area (Å²) in [5, 5.41) is 6.72. The maximum atomic E-state index is 6.62. The van der Waals surface area contributed by atoms with Crippen LogP contribution in [0.2, 0.25) is 0 Å². The SMILES string of the molecule is c1ccc(-n2c(-c3cc4c5ccccc5oc4c4c3[nH]c3ccccc34)nc3c(-c4ccc5c6ccccc6n(-c6ccccn6)c5c4)cccc32)cc1. The molecule has 0 saturated carbocycles. The zero-order chi connectivity index (χ0) is 35.3. The summed E-state index contributed by atoms with van der Waals surface area (Å²) < 4.78 is 11.2.